The third-order valence-electron chi connectivity index (χ3n) is 2.35. The molecule has 96 valence electrons. The summed E-state index contributed by atoms with van der Waals surface area (Å²) in [6, 6.07) is 4.26. The molecule has 0 aliphatic rings. The number of benzene rings is 1. The third-order valence-corrected chi connectivity index (χ3v) is 2.35. The van der Waals surface area contributed by atoms with Crippen LogP contribution < -0.4 is 5.73 Å². The van der Waals surface area contributed by atoms with Gasteiger partial charge in [0.05, 0.1) is 31.9 Å². The first-order valence-electron chi connectivity index (χ1n) is 5.09. The first-order chi connectivity index (χ1) is 8.56. The van der Waals surface area contributed by atoms with Crippen molar-refractivity contribution in [3.8, 4) is 0 Å². The zero-order valence-electron chi connectivity index (χ0n) is 10.1. The second-order valence-corrected chi connectivity index (χ2v) is 3.34. The average molecular weight is 251 g/mol. The van der Waals surface area contributed by atoms with Gasteiger partial charge in [-0.1, -0.05) is 12.1 Å². The fraction of sp³-hybridized carbons (Fsp3) is 0.250. The van der Waals surface area contributed by atoms with Crippen LogP contribution in [0.3, 0.4) is 0 Å². The quantitative estimate of drug-likeness (QED) is 0.614. The van der Waals surface area contributed by atoms with Crippen LogP contribution >= 0.6 is 0 Å². The first-order valence-corrected chi connectivity index (χ1v) is 5.09. The topological polar surface area (TPSA) is 95.7 Å². The van der Waals surface area contributed by atoms with Gasteiger partial charge in [0.25, 0.3) is 0 Å². The van der Waals surface area contributed by atoms with Crippen LogP contribution in [0.1, 0.15) is 31.1 Å². The van der Waals surface area contributed by atoms with Gasteiger partial charge in [-0.25, -0.2) is 9.59 Å². The molecule has 0 aliphatic heterocycles. The van der Waals surface area contributed by atoms with Gasteiger partial charge in [0.1, 0.15) is 0 Å². The SMILES string of the molecule is COC(=O)c1cccc(C(=O)CN)c1C(=O)OC. The number of ether oxygens (including phenoxy) is 2. The van der Waals surface area contributed by atoms with Crippen molar-refractivity contribution < 1.29 is 23.9 Å². The minimum absolute atomic E-state index is 0.0244. The van der Waals surface area contributed by atoms with Crippen LogP contribution in [-0.4, -0.2) is 38.5 Å². The number of Topliss-reactive ketones (excluding diaryl/α,β-unsaturated/α-hetero) is 1. The minimum atomic E-state index is -0.784. The molecule has 0 aromatic heterocycles. The van der Waals surface area contributed by atoms with Gasteiger partial charge in [0.2, 0.25) is 0 Å². The van der Waals surface area contributed by atoms with Gasteiger partial charge < -0.3 is 15.2 Å². The lowest BCUT2D eigenvalue weighted by molar-refractivity contribution is 0.0553. The van der Waals surface area contributed by atoms with Crippen molar-refractivity contribution in [3.63, 3.8) is 0 Å². The van der Waals surface area contributed by atoms with Gasteiger partial charge in [-0.15, -0.1) is 0 Å². The molecule has 18 heavy (non-hydrogen) atoms. The smallest absolute Gasteiger partial charge is 0.339 e. The summed E-state index contributed by atoms with van der Waals surface area (Å²) in [7, 11) is 2.34. The van der Waals surface area contributed by atoms with Crippen LogP contribution in [0.15, 0.2) is 18.2 Å². The fourth-order valence-electron chi connectivity index (χ4n) is 1.50. The zero-order valence-corrected chi connectivity index (χ0v) is 10.1. The Morgan fingerprint density at radius 1 is 1.06 bits per heavy atom. The van der Waals surface area contributed by atoms with Gasteiger partial charge in [-0.05, 0) is 6.07 Å². The second-order valence-electron chi connectivity index (χ2n) is 3.34. The highest BCUT2D eigenvalue weighted by molar-refractivity contribution is 6.12. The standard InChI is InChI=1S/C12H13NO5/c1-17-11(15)8-5-3-4-7(9(14)6-13)10(8)12(16)18-2/h3-5H,6,13H2,1-2H3. The summed E-state index contributed by atoms with van der Waals surface area (Å²) in [5.41, 5.74) is 5.16. The van der Waals surface area contributed by atoms with E-state index >= 15 is 0 Å². The number of hydrogen-bond donors (Lipinski definition) is 1. The van der Waals surface area contributed by atoms with Gasteiger partial charge in [0.15, 0.2) is 5.78 Å². The molecular weight excluding hydrogens is 238 g/mol. The number of hydrogen-bond acceptors (Lipinski definition) is 6. The van der Waals surface area contributed by atoms with Gasteiger partial charge in [-0.2, -0.15) is 0 Å². The van der Waals surface area contributed by atoms with Crippen LogP contribution in [0.2, 0.25) is 0 Å². The maximum Gasteiger partial charge on any atom is 0.339 e. The molecule has 0 bridgehead atoms. The van der Waals surface area contributed by atoms with Crippen molar-refractivity contribution in [3.05, 3.63) is 34.9 Å². The van der Waals surface area contributed by atoms with Gasteiger partial charge >= 0.3 is 11.9 Å². The van der Waals surface area contributed by atoms with Crippen LogP contribution in [0.5, 0.6) is 0 Å². The van der Waals surface area contributed by atoms with E-state index in [9.17, 15) is 14.4 Å². The van der Waals surface area contributed by atoms with Crippen LogP contribution in [-0.2, 0) is 9.47 Å². The second kappa shape index (κ2) is 5.92. The molecular formula is C12H13NO5. The monoisotopic (exact) mass is 251 g/mol. The van der Waals surface area contributed by atoms with Crippen molar-refractivity contribution in [2.45, 2.75) is 0 Å². The summed E-state index contributed by atoms with van der Waals surface area (Å²) in [6.07, 6.45) is 0. The van der Waals surface area contributed by atoms with Crippen LogP contribution in [0.4, 0.5) is 0 Å². The maximum atomic E-state index is 11.7. The number of ketones is 1. The van der Waals surface area contributed by atoms with Crippen molar-refractivity contribution >= 4 is 17.7 Å². The first kappa shape index (κ1) is 13.9. The molecule has 0 radical (unpaired) electrons. The highest BCUT2D eigenvalue weighted by Crippen LogP contribution is 2.17. The molecule has 0 atom stereocenters. The summed E-state index contributed by atoms with van der Waals surface area (Å²) in [4.78, 5) is 34.9. The number of rotatable bonds is 4. The van der Waals surface area contributed by atoms with E-state index in [1.165, 1.54) is 25.3 Å². The Morgan fingerprint density at radius 2 is 1.61 bits per heavy atom. The van der Waals surface area contributed by atoms with E-state index in [4.69, 9.17) is 5.73 Å². The van der Waals surface area contributed by atoms with E-state index in [0.717, 1.165) is 7.11 Å². The highest BCUT2D eigenvalue weighted by atomic mass is 16.5. The molecule has 0 amide bonds. The normalized spacial score (nSPS) is 9.72. The Kier molecular flexibility index (Phi) is 4.56. The van der Waals surface area contributed by atoms with E-state index in [1.54, 1.807) is 0 Å². The Bertz CT molecular complexity index is 461. The predicted octanol–water partition coefficient (Wildman–Crippen LogP) is 0.401. The lowest BCUT2D eigenvalue weighted by Gasteiger charge is -2.10. The minimum Gasteiger partial charge on any atom is -0.465 e. The number of carbonyl (C=O) groups is 3. The highest BCUT2D eigenvalue weighted by Gasteiger charge is 2.24. The summed E-state index contributed by atoms with van der Waals surface area (Å²) in [6.45, 7) is -0.269. The van der Waals surface area contributed by atoms with E-state index in [0.29, 0.717) is 0 Å². The number of methoxy groups -OCH3 is 2. The van der Waals surface area contributed by atoms with Crippen molar-refractivity contribution in [2.24, 2.45) is 5.73 Å². The molecule has 0 saturated carbocycles. The Hall–Kier alpha value is -2.21. The molecule has 2 N–H and O–H groups in total. The zero-order chi connectivity index (χ0) is 13.7. The van der Waals surface area contributed by atoms with Crippen LogP contribution in [0, 0.1) is 0 Å². The van der Waals surface area contributed by atoms with Gasteiger partial charge in [0, 0.05) is 5.56 Å². The molecule has 1 aromatic carbocycles. The van der Waals surface area contributed by atoms with Crippen LogP contribution in [0.25, 0.3) is 0 Å². The molecule has 0 heterocycles. The molecule has 1 rings (SSSR count). The summed E-state index contributed by atoms with van der Waals surface area (Å²) in [5, 5.41) is 0. The number of nitrogens with two attached hydrogens (primary N) is 1. The molecule has 1 aromatic rings. The summed E-state index contributed by atoms with van der Waals surface area (Å²) >= 11 is 0. The molecule has 0 aliphatic carbocycles. The number of esters is 2. The van der Waals surface area contributed by atoms with Crippen molar-refractivity contribution in [1.82, 2.24) is 0 Å². The lowest BCUT2D eigenvalue weighted by atomic mass is 9.98. The molecule has 0 spiro atoms. The summed E-state index contributed by atoms with van der Waals surface area (Å²) < 4.78 is 9.12. The molecule has 0 fully saturated rings. The molecule has 6 heteroatoms. The summed E-state index contributed by atoms with van der Waals surface area (Å²) in [5.74, 6) is -1.96. The molecule has 0 unspecified atom stereocenters. The Morgan fingerprint density at radius 3 is 2.11 bits per heavy atom. The van der Waals surface area contributed by atoms with Crippen molar-refractivity contribution in [2.75, 3.05) is 20.8 Å². The van der Waals surface area contributed by atoms with Gasteiger partial charge in [-0.3, -0.25) is 4.79 Å². The maximum absolute atomic E-state index is 11.7. The molecule has 0 saturated heterocycles. The predicted molar refractivity (Wildman–Crippen MR) is 62.5 cm³/mol. The van der Waals surface area contributed by atoms with E-state index in [2.05, 4.69) is 9.47 Å². The average Bonchev–Trinajstić information content (AvgIpc) is 2.43. The molecule has 6 nitrogen and oxygen atoms in total. The third kappa shape index (κ3) is 2.54. The van der Waals surface area contributed by atoms with E-state index in [1.807, 2.05) is 0 Å². The van der Waals surface area contributed by atoms with E-state index < -0.39 is 17.7 Å². The van der Waals surface area contributed by atoms with E-state index in [-0.39, 0.29) is 23.2 Å². The lowest BCUT2D eigenvalue weighted by Crippen LogP contribution is -2.21. The Labute approximate surface area is 104 Å². The van der Waals surface area contributed by atoms with Crippen molar-refractivity contribution in [1.29, 1.82) is 0 Å². The number of carbonyl (C=O) groups excluding carboxylic acids is 3. The largest absolute Gasteiger partial charge is 0.465 e. The fourth-order valence-corrected chi connectivity index (χ4v) is 1.50. The Balaban J connectivity index is 3.49.